The average molecular weight is 416 g/mol. The Hall–Kier alpha value is -2.82. The molecule has 6 heteroatoms. The minimum Gasteiger partial charge on any atom is -0.489 e. The van der Waals surface area contributed by atoms with E-state index < -0.39 is 5.82 Å². The van der Waals surface area contributed by atoms with E-state index >= 15 is 0 Å². The van der Waals surface area contributed by atoms with Gasteiger partial charge in [-0.15, -0.1) is 0 Å². The van der Waals surface area contributed by atoms with Gasteiger partial charge >= 0.3 is 0 Å². The molecule has 0 saturated heterocycles. The second-order valence-electron chi connectivity index (χ2n) is 5.87. The maximum atomic E-state index is 13.8. The van der Waals surface area contributed by atoms with Gasteiger partial charge in [-0.2, -0.15) is 0 Å². The Bertz CT molecular complexity index is 983. The third-order valence-electron chi connectivity index (χ3n) is 3.89. The Morgan fingerprint density at radius 3 is 2.54 bits per heavy atom. The number of allylic oxidation sites excluding steroid dienone is 1. The summed E-state index contributed by atoms with van der Waals surface area (Å²) < 4.78 is 19.4. The van der Waals surface area contributed by atoms with Crippen LogP contribution in [0.2, 0.25) is 10.0 Å². The van der Waals surface area contributed by atoms with Crippen molar-refractivity contribution in [3.8, 4) is 5.75 Å². The third-order valence-corrected chi connectivity index (χ3v) is 4.50. The number of halogens is 3. The number of hydrogen-bond acceptors (Lipinski definition) is 3. The molecule has 0 fully saturated rings. The summed E-state index contributed by atoms with van der Waals surface area (Å²) in [6, 6.07) is 18.2. The summed E-state index contributed by atoms with van der Waals surface area (Å²) in [6.07, 6.45) is 2.97. The van der Waals surface area contributed by atoms with Crippen molar-refractivity contribution in [1.82, 2.24) is 0 Å². The van der Waals surface area contributed by atoms with Gasteiger partial charge in [-0.1, -0.05) is 41.4 Å². The van der Waals surface area contributed by atoms with Gasteiger partial charge < -0.3 is 10.1 Å². The predicted octanol–water partition coefficient (Wildman–Crippen LogP) is 6.52. The van der Waals surface area contributed by atoms with Gasteiger partial charge in [-0.25, -0.2) is 4.39 Å². The fourth-order valence-corrected chi connectivity index (χ4v) is 2.76. The number of hydrogen-bond donors (Lipinski definition) is 1. The summed E-state index contributed by atoms with van der Waals surface area (Å²) in [4.78, 5) is 12.3. The second kappa shape index (κ2) is 9.40. The van der Waals surface area contributed by atoms with Crippen LogP contribution in [-0.2, 0) is 6.61 Å². The quantitative estimate of drug-likeness (QED) is 0.352. The highest BCUT2D eigenvalue weighted by Gasteiger charge is 2.09. The molecule has 0 saturated carbocycles. The van der Waals surface area contributed by atoms with Crippen LogP contribution in [0.3, 0.4) is 0 Å². The molecule has 0 amide bonds. The van der Waals surface area contributed by atoms with Crippen LogP contribution in [0.5, 0.6) is 5.75 Å². The topological polar surface area (TPSA) is 38.3 Å². The number of benzene rings is 3. The number of nitrogens with one attached hydrogen (secondary N) is 1. The summed E-state index contributed by atoms with van der Waals surface area (Å²) in [5.41, 5.74) is 1.53. The maximum absolute atomic E-state index is 13.8. The van der Waals surface area contributed by atoms with Crippen molar-refractivity contribution in [2.75, 3.05) is 5.32 Å². The summed E-state index contributed by atoms with van der Waals surface area (Å²) in [5.74, 6) is -0.184. The summed E-state index contributed by atoms with van der Waals surface area (Å²) in [6.45, 7) is -0.0306. The normalized spacial score (nSPS) is 10.8. The molecule has 3 aromatic rings. The summed E-state index contributed by atoms with van der Waals surface area (Å²) >= 11 is 11.8. The molecule has 3 rings (SSSR count). The van der Waals surface area contributed by atoms with Crippen molar-refractivity contribution in [3.05, 3.63) is 106 Å². The van der Waals surface area contributed by atoms with E-state index in [0.29, 0.717) is 21.4 Å². The molecule has 142 valence electrons. The van der Waals surface area contributed by atoms with E-state index in [0.717, 1.165) is 5.69 Å². The number of carbonyl (C=O) groups is 1. The highest BCUT2D eigenvalue weighted by molar-refractivity contribution is 6.31. The molecule has 0 aliphatic rings. The first-order valence-electron chi connectivity index (χ1n) is 8.41. The zero-order valence-electron chi connectivity index (χ0n) is 14.7. The molecule has 0 unspecified atom stereocenters. The first-order chi connectivity index (χ1) is 13.5. The van der Waals surface area contributed by atoms with Crippen LogP contribution in [0, 0.1) is 5.82 Å². The van der Waals surface area contributed by atoms with Gasteiger partial charge in [0.15, 0.2) is 5.78 Å². The van der Waals surface area contributed by atoms with Crippen molar-refractivity contribution in [2.24, 2.45) is 0 Å². The molecule has 0 atom stereocenters. The fraction of sp³-hybridized carbons (Fsp3) is 0.0455. The lowest BCUT2D eigenvalue weighted by Gasteiger charge is -2.09. The molecule has 0 aliphatic carbocycles. The number of rotatable bonds is 7. The Morgan fingerprint density at radius 1 is 1.04 bits per heavy atom. The molecule has 0 radical (unpaired) electrons. The molecular weight excluding hydrogens is 400 g/mol. The number of ether oxygens (including phenoxy) is 1. The molecule has 3 nitrogen and oxygen atoms in total. The lowest BCUT2D eigenvalue weighted by Crippen LogP contribution is -2.01. The third kappa shape index (κ3) is 5.35. The molecular formula is C22H16Cl2FNO2. The second-order valence-corrected chi connectivity index (χ2v) is 6.71. The van der Waals surface area contributed by atoms with Crippen molar-refractivity contribution >= 4 is 34.7 Å². The van der Waals surface area contributed by atoms with Gasteiger partial charge in [0.2, 0.25) is 0 Å². The monoisotopic (exact) mass is 415 g/mol. The minimum absolute atomic E-state index is 0.0306. The summed E-state index contributed by atoms with van der Waals surface area (Å²) in [5, 5.41) is 3.93. The van der Waals surface area contributed by atoms with E-state index in [1.165, 1.54) is 18.2 Å². The first kappa shape index (κ1) is 19.9. The molecule has 1 N–H and O–H groups in total. The van der Waals surface area contributed by atoms with Crippen molar-refractivity contribution in [2.45, 2.75) is 6.61 Å². The average Bonchev–Trinajstić information content (AvgIpc) is 2.69. The van der Waals surface area contributed by atoms with Crippen LogP contribution in [0.25, 0.3) is 0 Å². The van der Waals surface area contributed by atoms with Gasteiger partial charge in [-0.3, -0.25) is 4.79 Å². The lowest BCUT2D eigenvalue weighted by atomic mass is 10.1. The number of carbonyl (C=O) groups excluding carboxylic acids is 1. The van der Waals surface area contributed by atoms with Gasteiger partial charge in [0.05, 0.1) is 5.02 Å². The number of ketones is 1. The van der Waals surface area contributed by atoms with Crippen LogP contribution in [-0.4, -0.2) is 5.78 Å². The molecule has 3 aromatic carbocycles. The first-order valence-corrected chi connectivity index (χ1v) is 9.17. The molecule has 0 bridgehead atoms. The fourth-order valence-electron chi connectivity index (χ4n) is 2.42. The minimum atomic E-state index is -0.434. The largest absolute Gasteiger partial charge is 0.489 e. The van der Waals surface area contributed by atoms with E-state index in [4.69, 9.17) is 27.9 Å². The van der Waals surface area contributed by atoms with Crippen molar-refractivity contribution in [3.63, 3.8) is 0 Å². The maximum Gasteiger partial charge on any atom is 0.187 e. The van der Waals surface area contributed by atoms with E-state index in [1.54, 1.807) is 60.8 Å². The van der Waals surface area contributed by atoms with Gasteiger partial charge in [-0.05, 0) is 48.5 Å². The van der Waals surface area contributed by atoms with Gasteiger partial charge in [0.1, 0.15) is 18.2 Å². The molecule has 0 spiro atoms. The standard InChI is InChI=1S/C22H16Cl2FNO2/c23-16-7-9-17(10-8-16)26-12-11-22(27)15-3-1-4-18(13-15)28-14-19-20(24)5-2-6-21(19)25/h1-13,26H,14H2/b12-11+. The zero-order valence-corrected chi connectivity index (χ0v) is 16.2. The Balaban J connectivity index is 1.62. The van der Waals surface area contributed by atoms with E-state index in [-0.39, 0.29) is 18.0 Å². The smallest absolute Gasteiger partial charge is 0.187 e. The van der Waals surface area contributed by atoms with Gasteiger partial charge in [0, 0.05) is 34.1 Å². The van der Waals surface area contributed by atoms with E-state index in [1.807, 2.05) is 0 Å². The highest BCUT2D eigenvalue weighted by atomic mass is 35.5. The molecule has 0 aromatic heterocycles. The number of anilines is 1. The molecule has 0 aliphatic heterocycles. The van der Waals surface area contributed by atoms with Crippen LogP contribution in [0.15, 0.2) is 79.0 Å². The van der Waals surface area contributed by atoms with Gasteiger partial charge in [0.25, 0.3) is 0 Å². The van der Waals surface area contributed by atoms with E-state index in [9.17, 15) is 9.18 Å². The predicted molar refractivity (Wildman–Crippen MR) is 111 cm³/mol. The van der Waals surface area contributed by atoms with Crippen LogP contribution in [0.4, 0.5) is 10.1 Å². The lowest BCUT2D eigenvalue weighted by molar-refractivity contribution is 0.104. The SMILES string of the molecule is O=C(/C=C/Nc1ccc(Cl)cc1)c1cccc(OCc2c(F)cccc2Cl)c1. The molecule has 28 heavy (non-hydrogen) atoms. The molecule has 0 heterocycles. The summed E-state index contributed by atoms with van der Waals surface area (Å²) in [7, 11) is 0. The Morgan fingerprint density at radius 2 is 1.79 bits per heavy atom. The van der Waals surface area contributed by atoms with Crippen molar-refractivity contribution < 1.29 is 13.9 Å². The van der Waals surface area contributed by atoms with Crippen LogP contribution >= 0.6 is 23.2 Å². The Labute approximate surface area is 172 Å². The highest BCUT2D eigenvalue weighted by Crippen LogP contribution is 2.22. The Kier molecular flexibility index (Phi) is 6.69. The van der Waals surface area contributed by atoms with Crippen LogP contribution < -0.4 is 10.1 Å². The van der Waals surface area contributed by atoms with Crippen molar-refractivity contribution in [1.29, 1.82) is 0 Å². The van der Waals surface area contributed by atoms with E-state index in [2.05, 4.69) is 5.32 Å². The zero-order chi connectivity index (χ0) is 19.9. The van der Waals surface area contributed by atoms with Crippen LogP contribution in [0.1, 0.15) is 15.9 Å².